The summed E-state index contributed by atoms with van der Waals surface area (Å²) in [6, 6.07) is 10.1. The van der Waals surface area contributed by atoms with Crippen LogP contribution < -0.4 is 4.74 Å². The minimum absolute atomic E-state index is 0.0966. The number of aliphatic hydroxyl groups is 1. The first kappa shape index (κ1) is 23.0. The van der Waals surface area contributed by atoms with Crippen LogP contribution in [0.5, 0.6) is 5.75 Å². The number of hydrogen-bond acceptors (Lipinski definition) is 5. The Labute approximate surface area is 195 Å². The number of amides is 1. The highest BCUT2D eigenvalue weighted by atomic mass is 32.1. The molecule has 1 N–H and O–H groups in total. The minimum Gasteiger partial charge on any atom is -0.491 e. The lowest BCUT2D eigenvalue weighted by molar-refractivity contribution is -0.136. The molecule has 1 aromatic heterocycles. The molecule has 1 aromatic carbocycles. The van der Waals surface area contributed by atoms with Crippen LogP contribution in [0.15, 0.2) is 48.4 Å². The van der Waals surface area contributed by atoms with Crippen molar-refractivity contribution < 1.29 is 14.6 Å². The van der Waals surface area contributed by atoms with Crippen molar-refractivity contribution in [3.05, 3.63) is 64.4 Å². The molecule has 0 radical (unpaired) electrons. The number of aryl methyl sites for hydroxylation is 1. The SMILES string of the molecule is C=CC(C)(O)CN(CC(=O)N1CCc2sccc2C1COc1cccc(C)c1)CC1CC1. The zero-order chi connectivity index (χ0) is 22.7. The monoisotopic (exact) mass is 454 g/mol. The molecule has 0 saturated heterocycles. The first-order valence-corrected chi connectivity index (χ1v) is 12.4. The van der Waals surface area contributed by atoms with Crippen LogP contribution in [0.2, 0.25) is 0 Å². The number of thiophene rings is 1. The highest BCUT2D eigenvalue weighted by Gasteiger charge is 2.35. The molecule has 2 atom stereocenters. The van der Waals surface area contributed by atoms with Gasteiger partial charge in [0.15, 0.2) is 0 Å². The van der Waals surface area contributed by atoms with Gasteiger partial charge in [0.2, 0.25) is 5.91 Å². The van der Waals surface area contributed by atoms with E-state index in [9.17, 15) is 9.90 Å². The van der Waals surface area contributed by atoms with Crippen LogP contribution in [0.25, 0.3) is 0 Å². The van der Waals surface area contributed by atoms with Gasteiger partial charge in [-0.15, -0.1) is 17.9 Å². The molecule has 1 aliphatic carbocycles. The average molecular weight is 455 g/mol. The van der Waals surface area contributed by atoms with Gasteiger partial charge < -0.3 is 14.7 Å². The van der Waals surface area contributed by atoms with Gasteiger partial charge in [0.1, 0.15) is 12.4 Å². The Morgan fingerprint density at radius 1 is 1.41 bits per heavy atom. The standard InChI is InChI=1S/C26H34N2O3S/c1-4-26(3,30)18-27(15-20-8-9-20)16-25(29)28-12-10-24-22(11-13-32-24)23(28)17-31-21-7-5-6-19(2)14-21/h4-7,11,13-14,20,23,30H,1,8-10,12,15-18H2,2-3H3. The molecule has 1 aliphatic heterocycles. The van der Waals surface area contributed by atoms with E-state index in [1.54, 1.807) is 24.3 Å². The lowest BCUT2D eigenvalue weighted by atomic mass is 10.00. The maximum absolute atomic E-state index is 13.5. The largest absolute Gasteiger partial charge is 0.491 e. The van der Waals surface area contributed by atoms with Crippen molar-refractivity contribution in [1.29, 1.82) is 0 Å². The Morgan fingerprint density at radius 2 is 2.22 bits per heavy atom. The molecule has 0 bridgehead atoms. The summed E-state index contributed by atoms with van der Waals surface area (Å²) in [6.45, 7) is 10.3. The van der Waals surface area contributed by atoms with E-state index in [0.717, 1.165) is 24.3 Å². The third-order valence-electron chi connectivity index (χ3n) is 6.37. The zero-order valence-corrected chi connectivity index (χ0v) is 19.9. The molecule has 1 fully saturated rings. The molecule has 6 heteroatoms. The van der Waals surface area contributed by atoms with E-state index in [1.807, 2.05) is 36.1 Å². The minimum atomic E-state index is -1.01. The van der Waals surface area contributed by atoms with Crippen molar-refractivity contribution in [2.24, 2.45) is 5.92 Å². The average Bonchev–Trinajstić information content (AvgIpc) is 3.43. The van der Waals surface area contributed by atoms with Crippen LogP contribution in [-0.4, -0.2) is 59.2 Å². The molecule has 4 rings (SSSR count). The van der Waals surface area contributed by atoms with Gasteiger partial charge in [0.25, 0.3) is 0 Å². The third kappa shape index (κ3) is 5.80. The number of fused-ring (bicyclic) bond motifs is 1. The molecule has 2 heterocycles. The normalized spacial score (nSPS) is 20.0. The predicted molar refractivity (Wildman–Crippen MR) is 129 cm³/mol. The Balaban J connectivity index is 1.48. The Hall–Kier alpha value is -2.15. The number of benzene rings is 1. The van der Waals surface area contributed by atoms with E-state index in [1.165, 1.54) is 23.3 Å². The van der Waals surface area contributed by atoms with Gasteiger partial charge in [0, 0.05) is 24.5 Å². The van der Waals surface area contributed by atoms with Crippen molar-refractivity contribution in [2.75, 3.05) is 32.8 Å². The Morgan fingerprint density at radius 3 is 2.94 bits per heavy atom. The molecule has 2 aromatic rings. The lowest BCUT2D eigenvalue weighted by Gasteiger charge is -2.38. The second-order valence-electron chi connectivity index (χ2n) is 9.45. The fourth-order valence-corrected chi connectivity index (χ4v) is 5.33. The Bertz CT molecular complexity index is 950. The summed E-state index contributed by atoms with van der Waals surface area (Å²) in [5.41, 5.74) is 1.35. The van der Waals surface area contributed by atoms with Gasteiger partial charge in [-0.25, -0.2) is 0 Å². The molecular weight excluding hydrogens is 420 g/mol. The predicted octanol–water partition coefficient (Wildman–Crippen LogP) is 4.21. The molecule has 2 unspecified atom stereocenters. The smallest absolute Gasteiger partial charge is 0.237 e. The molecule has 2 aliphatic rings. The molecule has 172 valence electrons. The van der Waals surface area contributed by atoms with Crippen molar-refractivity contribution in [3.8, 4) is 5.75 Å². The van der Waals surface area contributed by atoms with Crippen LogP contribution in [-0.2, 0) is 11.2 Å². The molecular formula is C26H34N2O3S. The molecule has 5 nitrogen and oxygen atoms in total. The van der Waals surface area contributed by atoms with Gasteiger partial charge in [-0.2, -0.15) is 0 Å². The van der Waals surface area contributed by atoms with Crippen molar-refractivity contribution >= 4 is 17.2 Å². The van der Waals surface area contributed by atoms with Crippen LogP contribution in [0.1, 0.15) is 41.8 Å². The number of carbonyl (C=O) groups excluding carboxylic acids is 1. The van der Waals surface area contributed by atoms with Crippen molar-refractivity contribution in [1.82, 2.24) is 9.80 Å². The second-order valence-corrected chi connectivity index (χ2v) is 10.5. The second kappa shape index (κ2) is 9.77. The maximum Gasteiger partial charge on any atom is 0.237 e. The fourth-order valence-electron chi connectivity index (χ4n) is 4.40. The first-order valence-electron chi connectivity index (χ1n) is 11.5. The summed E-state index contributed by atoms with van der Waals surface area (Å²) in [7, 11) is 0. The quantitative estimate of drug-likeness (QED) is 0.547. The number of ether oxygens (including phenoxy) is 1. The molecule has 1 saturated carbocycles. The van der Waals surface area contributed by atoms with E-state index in [0.29, 0.717) is 32.2 Å². The van der Waals surface area contributed by atoms with Crippen LogP contribution >= 0.6 is 11.3 Å². The summed E-state index contributed by atoms with van der Waals surface area (Å²) in [6.07, 6.45) is 4.85. The summed E-state index contributed by atoms with van der Waals surface area (Å²) in [5.74, 6) is 1.56. The Kier molecular flexibility index (Phi) is 7.03. The highest BCUT2D eigenvalue weighted by molar-refractivity contribution is 7.10. The van der Waals surface area contributed by atoms with E-state index in [2.05, 4.69) is 22.9 Å². The number of carbonyl (C=O) groups is 1. The highest BCUT2D eigenvalue weighted by Crippen LogP contribution is 2.35. The van der Waals surface area contributed by atoms with E-state index >= 15 is 0 Å². The fraction of sp³-hybridized carbons (Fsp3) is 0.500. The molecule has 32 heavy (non-hydrogen) atoms. The van der Waals surface area contributed by atoms with Crippen LogP contribution in [0.4, 0.5) is 0 Å². The third-order valence-corrected chi connectivity index (χ3v) is 7.36. The molecule has 0 spiro atoms. The summed E-state index contributed by atoms with van der Waals surface area (Å²) in [5, 5.41) is 12.6. The van der Waals surface area contributed by atoms with Crippen molar-refractivity contribution in [3.63, 3.8) is 0 Å². The van der Waals surface area contributed by atoms with Gasteiger partial charge in [-0.3, -0.25) is 9.69 Å². The van der Waals surface area contributed by atoms with E-state index in [4.69, 9.17) is 4.74 Å². The number of rotatable bonds is 10. The van der Waals surface area contributed by atoms with Crippen LogP contribution in [0.3, 0.4) is 0 Å². The maximum atomic E-state index is 13.5. The number of nitrogens with zero attached hydrogens (tertiary/aromatic N) is 2. The summed E-state index contributed by atoms with van der Waals surface area (Å²) < 4.78 is 6.15. The van der Waals surface area contributed by atoms with Gasteiger partial charge in [0.05, 0.1) is 18.2 Å². The van der Waals surface area contributed by atoms with Crippen molar-refractivity contribution in [2.45, 2.75) is 44.8 Å². The van der Waals surface area contributed by atoms with E-state index in [-0.39, 0.29) is 11.9 Å². The van der Waals surface area contributed by atoms with Crippen LogP contribution in [0, 0.1) is 12.8 Å². The summed E-state index contributed by atoms with van der Waals surface area (Å²) in [4.78, 5) is 18.9. The summed E-state index contributed by atoms with van der Waals surface area (Å²) >= 11 is 1.76. The van der Waals surface area contributed by atoms with Gasteiger partial charge in [-0.1, -0.05) is 18.2 Å². The topological polar surface area (TPSA) is 53.0 Å². The van der Waals surface area contributed by atoms with Gasteiger partial charge >= 0.3 is 0 Å². The molecule has 1 amide bonds. The lowest BCUT2D eigenvalue weighted by Crippen LogP contribution is -2.49. The zero-order valence-electron chi connectivity index (χ0n) is 19.1. The van der Waals surface area contributed by atoms with E-state index < -0.39 is 5.60 Å². The first-order chi connectivity index (χ1) is 15.3. The number of hydrogen-bond donors (Lipinski definition) is 1. The van der Waals surface area contributed by atoms with Gasteiger partial charge in [-0.05, 0) is 73.7 Å².